The molecule has 0 amide bonds. The maximum Gasteiger partial charge on any atom is 0.219 e. The molecule has 0 spiro atoms. The molecule has 1 aliphatic carbocycles. The normalized spacial score (nSPS) is 20.9. The molecule has 2 rings (SSSR count). The monoisotopic (exact) mass is 180 g/mol. The van der Waals surface area contributed by atoms with Crippen LogP contribution in [-0.2, 0) is 0 Å². The van der Waals surface area contributed by atoms with Gasteiger partial charge in [-0.15, -0.1) is 10.2 Å². The molecule has 72 valence electrons. The summed E-state index contributed by atoms with van der Waals surface area (Å²) in [5.74, 6) is 1.38. The average molecular weight is 180 g/mol. The Bertz CT molecular complexity index is 225. The predicted molar refractivity (Wildman–Crippen MR) is 49.4 cm³/mol. The molecule has 1 aromatic heterocycles. The van der Waals surface area contributed by atoms with Crippen LogP contribution in [0.2, 0.25) is 0 Å². The van der Waals surface area contributed by atoms with Gasteiger partial charge < -0.3 is 4.42 Å². The summed E-state index contributed by atoms with van der Waals surface area (Å²) in [4.78, 5) is 0. The third-order valence-electron chi connectivity index (χ3n) is 2.83. The van der Waals surface area contributed by atoms with Gasteiger partial charge in [0.25, 0.3) is 0 Å². The number of hydrogen-bond acceptors (Lipinski definition) is 3. The average Bonchev–Trinajstić information content (AvgIpc) is 2.55. The molecule has 13 heavy (non-hydrogen) atoms. The van der Waals surface area contributed by atoms with Gasteiger partial charge in [0.1, 0.15) is 0 Å². The molecule has 3 heteroatoms. The lowest BCUT2D eigenvalue weighted by Gasteiger charge is -2.15. The second-order valence-electron chi connectivity index (χ2n) is 3.82. The second kappa shape index (κ2) is 4.40. The van der Waals surface area contributed by atoms with Crippen molar-refractivity contribution in [3.05, 3.63) is 12.3 Å². The first-order chi connectivity index (χ1) is 6.47. The summed E-state index contributed by atoms with van der Waals surface area (Å²) < 4.78 is 5.25. The van der Waals surface area contributed by atoms with E-state index >= 15 is 0 Å². The molecule has 1 heterocycles. The Balaban J connectivity index is 1.96. The van der Waals surface area contributed by atoms with Crippen molar-refractivity contribution in [3.63, 3.8) is 0 Å². The molecule has 0 radical (unpaired) electrons. The molecule has 0 atom stereocenters. The fourth-order valence-corrected chi connectivity index (χ4v) is 2.06. The molecule has 3 nitrogen and oxygen atoms in total. The largest absolute Gasteiger partial charge is 0.428 e. The van der Waals surface area contributed by atoms with Crippen LogP contribution in [0.4, 0.5) is 0 Å². The molecule has 1 saturated carbocycles. The Hall–Kier alpha value is -0.860. The van der Waals surface area contributed by atoms with Crippen molar-refractivity contribution in [1.29, 1.82) is 0 Å². The van der Waals surface area contributed by atoms with E-state index in [2.05, 4.69) is 10.2 Å². The molecule has 1 aromatic rings. The van der Waals surface area contributed by atoms with Crippen LogP contribution in [0.15, 0.2) is 10.8 Å². The molecule has 0 unspecified atom stereocenters. The highest BCUT2D eigenvalue weighted by molar-refractivity contribution is 4.88. The molecule has 1 fully saturated rings. The number of hydrogen-bond donors (Lipinski definition) is 0. The van der Waals surface area contributed by atoms with Gasteiger partial charge >= 0.3 is 0 Å². The van der Waals surface area contributed by atoms with E-state index in [-0.39, 0.29) is 0 Å². The van der Waals surface area contributed by atoms with Crippen molar-refractivity contribution >= 4 is 0 Å². The first-order valence-corrected chi connectivity index (χ1v) is 5.23. The van der Waals surface area contributed by atoms with Crippen LogP contribution in [-0.4, -0.2) is 10.2 Å². The quantitative estimate of drug-likeness (QED) is 0.667. The first kappa shape index (κ1) is 8.73. The highest BCUT2D eigenvalue weighted by Crippen LogP contribution is 2.29. The molecule has 0 bridgehead atoms. The van der Waals surface area contributed by atoms with Gasteiger partial charge in [-0.05, 0) is 12.8 Å². The molecular weight excluding hydrogens is 164 g/mol. The summed E-state index contributed by atoms with van der Waals surface area (Å²) in [6.07, 6.45) is 10.6. The van der Waals surface area contributed by atoms with Gasteiger partial charge in [-0.3, -0.25) is 0 Å². The smallest absolute Gasteiger partial charge is 0.219 e. The lowest BCUT2D eigenvalue weighted by molar-refractivity contribution is 0.377. The molecule has 0 saturated heterocycles. The standard InChI is InChI=1S/C10H16N2O/c1-2-4-6-9(7-5-3-1)10-12-11-8-13-10/h8-9H,1-7H2. The number of nitrogens with zero attached hydrogens (tertiary/aromatic N) is 2. The minimum atomic E-state index is 0.530. The Morgan fingerprint density at radius 2 is 1.77 bits per heavy atom. The summed E-state index contributed by atoms with van der Waals surface area (Å²) in [5, 5.41) is 7.73. The highest BCUT2D eigenvalue weighted by Gasteiger charge is 2.17. The highest BCUT2D eigenvalue weighted by atomic mass is 16.4. The third kappa shape index (κ3) is 2.29. The van der Waals surface area contributed by atoms with E-state index in [4.69, 9.17) is 4.42 Å². The van der Waals surface area contributed by atoms with Crippen molar-refractivity contribution in [2.75, 3.05) is 0 Å². The Morgan fingerprint density at radius 3 is 2.38 bits per heavy atom. The number of rotatable bonds is 1. The lowest BCUT2D eigenvalue weighted by atomic mass is 9.91. The van der Waals surface area contributed by atoms with Crippen LogP contribution in [0.5, 0.6) is 0 Å². The SMILES string of the molecule is c1nnc(C2CCCCCCC2)o1. The molecule has 0 N–H and O–H groups in total. The zero-order chi connectivity index (χ0) is 8.93. The summed E-state index contributed by atoms with van der Waals surface area (Å²) in [5.41, 5.74) is 0. The Kier molecular flexibility index (Phi) is 2.95. The maximum atomic E-state index is 5.25. The fourth-order valence-electron chi connectivity index (χ4n) is 2.06. The van der Waals surface area contributed by atoms with E-state index in [1.54, 1.807) is 0 Å². The van der Waals surface area contributed by atoms with Crippen LogP contribution < -0.4 is 0 Å². The molecule has 0 aromatic carbocycles. The molecular formula is C10H16N2O. The predicted octanol–water partition coefficient (Wildman–Crippen LogP) is 2.90. The van der Waals surface area contributed by atoms with Crippen molar-refractivity contribution in [3.8, 4) is 0 Å². The van der Waals surface area contributed by atoms with Crippen LogP contribution in [0, 0.1) is 0 Å². The van der Waals surface area contributed by atoms with Crippen molar-refractivity contribution in [1.82, 2.24) is 10.2 Å². The van der Waals surface area contributed by atoms with Crippen molar-refractivity contribution in [2.45, 2.75) is 50.9 Å². The summed E-state index contributed by atoms with van der Waals surface area (Å²) >= 11 is 0. The summed E-state index contributed by atoms with van der Waals surface area (Å²) in [6, 6.07) is 0. The van der Waals surface area contributed by atoms with Crippen LogP contribution in [0.3, 0.4) is 0 Å². The first-order valence-electron chi connectivity index (χ1n) is 5.23. The maximum absolute atomic E-state index is 5.25. The van der Waals surface area contributed by atoms with E-state index in [9.17, 15) is 0 Å². The topological polar surface area (TPSA) is 38.9 Å². The van der Waals surface area contributed by atoms with Crippen LogP contribution >= 0.6 is 0 Å². The van der Waals surface area contributed by atoms with Gasteiger partial charge in [-0.25, -0.2) is 0 Å². The van der Waals surface area contributed by atoms with E-state index in [0.717, 1.165) is 5.89 Å². The van der Waals surface area contributed by atoms with Crippen molar-refractivity contribution in [2.24, 2.45) is 0 Å². The van der Waals surface area contributed by atoms with Gasteiger partial charge in [0.2, 0.25) is 12.3 Å². The number of aromatic nitrogens is 2. The second-order valence-corrected chi connectivity index (χ2v) is 3.82. The zero-order valence-corrected chi connectivity index (χ0v) is 7.91. The fraction of sp³-hybridized carbons (Fsp3) is 0.800. The van der Waals surface area contributed by atoms with E-state index < -0.39 is 0 Å². The lowest BCUT2D eigenvalue weighted by Crippen LogP contribution is -2.02. The third-order valence-corrected chi connectivity index (χ3v) is 2.83. The van der Waals surface area contributed by atoms with Gasteiger partial charge in [0.15, 0.2) is 0 Å². The minimum absolute atomic E-state index is 0.530. The van der Waals surface area contributed by atoms with Gasteiger partial charge in [0.05, 0.1) is 0 Å². The minimum Gasteiger partial charge on any atom is -0.428 e. The Labute approximate surface area is 78.5 Å². The van der Waals surface area contributed by atoms with Gasteiger partial charge in [-0.1, -0.05) is 32.1 Å². The molecule has 1 aliphatic rings. The van der Waals surface area contributed by atoms with E-state index in [1.807, 2.05) is 0 Å². The zero-order valence-electron chi connectivity index (χ0n) is 7.91. The van der Waals surface area contributed by atoms with Crippen molar-refractivity contribution < 1.29 is 4.42 Å². The Morgan fingerprint density at radius 1 is 1.08 bits per heavy atom. The van der Waals surface area contributed by atoms with E-state index in [1.165, 1.54) is 51.3 Å². The summed E-state index contributed by atoms with van der Waals surface area (Å²) in [7, 11) is 0. The van der Waals surface area contributed by atoms with Gasteiger partial charge in [0, 0.05) is 5.92 Å². The van der Waals surface area contributed by atoms with Crippen LogP contribution in [0.1, 0.15) is 56.8 Å². The van der Waals surface area contributed by atoms with E-state index in [0.29, 0.717) is 5.92 Å². The molecule has 0 aliphatic heterocycles. The van der Waals surface area contributed by atoms with Crippen LogP contribution in [0.25, 0.3) is 0 Å². The van der Waals surface area contributed by atoms with Gasteiger partial charge in [-0.2, -0.15) is 0 Å². The summed E-state index contributed by atoms with van der Waals surface area (Å²) in [6.45, 7) is 0.